The van der Waals surface area contributed by atoms with Crippen molar-refractivity contribution >= 4 is 0 Å². The molecule has 0 aliphatic heterocycles. The van der Waals surface area contributed by atoms with E-state index in [2.05, 4.69) is 10.1 Å². The SMILES string of the molecule is CN(Cc1ccon1)C1CC(O)C1. The van der Waals surface area contributed by atoms with Crippen molar-refractivity contribution in [3.05, 3.63) is 18.0 Å². The summed E-state index contributed by atoms with van der Waals surface area (Å²) in [5.41, 5.74) is 0.948. The Morgan fingerprint density at radius 1 is 1.69 bits per heavy atom. The molecule has 4 nitrogen and oxygen atoms in total. The standard InChI is InChI=1S/C9H14N2O2/c1-11(8-4-9(12)5-8)6-7-2-3-13-10-7/h2-3,8-9,12H,4-6H2,1H3. The fourth-order valence-electron chi connectivity index (χ4n) is 1.62. The van der Waals surface area contributed by atoms with E-state index in [-0.39, 0.29) is 6.10 Å². The third-order valence-corrected chi connectivity index (χ3v) is 2.61. The summed E-state index contributed by atoms with van der Waals surface area (Å²) in [6.45, 7) is 0.799. The molecule has 0 aromatic carbocycles. The molecule has 2 rings (SSSR count). The molecule has 0 unspecified atom stereocenters. The summed E-state index contributed by atoms with van der Waals surface area (Å²) in [5, 5.41) is 13.0. The molecule has 1 N–H and O–H groups in total. The fourth-order valence-corrected chi connectivity index (χ4v) is 1.62. The summed E-state index contributed by atoms with van der Waals surface area (Å²) in [6.07, 6.45) is 3.26. The Hall–Kier alpha value is -0.870. The van der Waals surface area contributed by atoms with Crippen LogP contribution in [0.1, 0.15) is 18.5 Å². The number of aromatic nitrogens is 1. The maximum absolute atomic E-state index is 9.13. The van der Waals surface area contributed by atoms with Crippen LogP contribution in [0.5, 0.6) is 0 Å². The van der Waals surface area contributed by atoms with Gasteiger partial charge in [0.25, 0.3) is 0 Å². The molecule has 1 aromatic rings. The summed E-state index contributed by atoms with van der Waals surface area (Å²) >= 11 is 0. The van der Waals surface area contributed by atoms with E-state index in [0.29, 0.717) is 6.04 Å². The van der Waals surface area contributed by atoms with Gasteiger partial charge in [-0.25, -0.2) is 0 Å². The first-order valence-electron chi connectivity index (χ1n) is 4.53. The maximum atomic E-state index is 9.13. The Balaban J connectivity index is 1.82. The lowest BCUT2D eigenvalue weighted by Crippen LogP contribution is -2.44. The van der Waals surface area contributed by atoms with E-state index in [9.17, 15) is 0 Å². The zero-order chi connectivity index (χ0) is 9.26. The molecule has 0 radical (unpaired) electrons. The molecule has 72 valence electrons. The van der Waals surface area contributed by atoms with E-state index >= 15 is 0 Å². The first-order valence-corrected chi connectivity index (χ1v) is 4.53. The minimum atomic E-state index is -0.0928. The summed E-state index contributed by atoms with van der Waals surface area (Å²) in [7, 11) is 2.05. The monoisotopic (exact) mass is 182 g/mol. The minimum absolute atomic E-state index is 0.0928. The molecule has 1 saturated carbocycles. The molecule has 13 heavy (non-hydrogen) atoms. The molecule has 1 aliphatic rings. The molecule has 0 amide bonds. The molecule has 0 saturated heterocycles. The van der Waals surface area contributed by atoms with Crippen LogP contribution in [0.2, 0.25) is 0 Å². The molecule has 1 aromatic heterocycles. The van der Waals surface area contributed by atoms with Crippen LogP contribution < -0.4 is 0 Å². The molecule has 1 aliphatic carbocycles. The van der Waals surface area contributed by atoms with Crippen molar-refractivity contribution in [2.75, 3.05) is 7.05 Å². The largest absolute Gasteiger partial charge is 0.393 e. The zero-order valence-electron chi connectivity index (χ0n) is 7.68. The Morgan fingerprint density at radius 2 is 2.46 bits per heavy atom. The van der Waals surface area contributed by atoms with Crippen LogP contribution in [-0.2, 0) is 6.54 Å². The molecule has 1 fully saturated rings. The van der Waals surface area contributed by atoms with Gasteiger partial charge < -0.3 is 9.63 Å². The first kappa shape index (κ1) is 8.72. The maximum Gasteiger partial charge on any atom is 0.124 e. The van der Waals surface area contributed by atoms with Gasteiger partial charge in [0.1, 0.15) is 6.26 Å². The van der Waals surface area contributed by atoms with Gasteiger partial charge in [0.2, 0.25) is 0 Å². The number of aliphatic hydroxyl groups excluding tert-OH is 1. The quantitative estimate of drug-likeness (QED) is 0.745. The van der Waals surface area contributed by atoms with Crippen molar-refractivity contribution in [3.8, 4) is 0 Å². The van der Waals surface area contributed by atoms with Crippen molar-refractivity contribution in [1.29, 1.82) is 0 Å². The number of rotatable bonds is 3. The highest BCUT2D eigenvalue weighted by Gasteiger charge is 2.30. The zero-order valence-corrected chi connectivity index (χ0v) is 7.68. The molecule has 0 spiro atoms. The van der Waals surface area contributed by atoms with Gasteiger partial charge in [-0.2, -0.15) is 0 Å². The summed E-state index contributed by atoms with van der Waals surface area (Å²) in [5.74, 6) is 0. The van der Waals surface area contributed by atoms with Gasteiger partial charge >= 0.3 is 0 Å². The van der Waals surface area contributed by atoms with Crippen LogP contribution in [0.15, 0.2) is 16.9 Å². The molecular weight excluding hydrogens is 168 g/mol. The number of nitrogens with zero attached hydrogens (tertiary/aromatic N) is 2. The normalized spacial score (nSPS) is 27.6. The van der Waals surface area contributed by atoms with E-state index in [1.165, 1.54) is 0 Å². The van der Waals surface area contributed by atoms with Crippen LogP contribution in [0.3, 0.4) is 0 Å². The van der Waals surface area contributed by atoms with Gasteiger partial charge in [-0.05, 0) is 19.9 Å². The Morgan fingerprint density at radius 3 is 3.00 bits per heavy atom. The van der Waals surface area contributed by atoms with Gasteiger partial charge in [-0.1, -0.05) is 5.16 Å². The van der Waals surface area contributed by atoms with Crippen LogP contribution >= 0.6 is 0 Å². The van der Waals surface area contributed by atoms with E-state index < -0.39 is 0 Å². The van der Waals surface area contributed by atoms with E-state index in [4.69, 9.17) is 9.63 Å². The highest BCUT2D eigenvalue weighted by Crippen LogP contribution is 2.25. The number of hydrogen-bond acceptors (Lipinski definition) is 4. The average Bonchev–Trinajstić information content (AvgIpc) is 2.51. The van der Waals surface area contributed by atoms with Crippen molar-refractivity contribution in [1.82, 2.24) is 10.1 Å². The molecule has 0 atom stereocenters. The first-order chi connectivity index (χ1) is 6.25. The van der Waals surface area contributed by atoms with Gasteiger partial charge in [-0.15, -0.1) is 0 Å². The smallest absolute Gasteiger partial charge is 0.124 e. The minimum Gasteiger partial charge on any atom is -0.393 e. The van der Waals surface area contributed by atoms with E-state index in [1.807, 2.05) is 13.1 Å². The molecule has 1 heterocycles. The average molecular weight is 182 g/mol. The van der Waals surface area contributed by atoms with E-state index in [0.717, 1.165) is 25.1 Å². The Labute approximate surface area is 77.1 Å². The Kier molecular flexibility index (Phi) is 2.33. The summed E-state index contributed by atoms with van der Waals surface area (Å²) < 4.78 is 4.74. The fraction of sp³-hybridized carbons (Fsp3) is 0.667. The number of aliphatic hydroxyl groups is 1. The lowest BCUT2D eigenvalue weighted by molar-refractivity contribution is 0.00857. The van der Waals surface area contributed by atoms with Crippen molar-refractivity contribution < 1.29 is 9.63 Å². The summed E-state index contributed by atoms with van der Waals surface area (Å²) in [6, 6.07) is 2.37. The van der Waals surface area contributed by atoms with Crippen LogP contribution in [0.25, 0.3) is 0 Å². The van der Waals surface area contributed by atoms with Crippen LogP contribution in [-0.4, -0.2) is 34.4 Å². The number of hydrogen-bond donors (Lipinski definition) is 1. The predicted molar refractivity (Wildman–Crippen MR) is 47.0 cm³/mol. The third kappa shape index (κ3) is 1.89. The molecule has 4 heteroatoms. The van der Waals surface area contributed by atoms with Gasteiger partial charge in [0.05, 0.1) is 11.8 Å². The van der Waals surface area contributed by atoms with Crippen LogP contribution in [0, 0.1) is 0 Å². The predicted octanol–water partition coefficient (Wildman–Crippen LogP) is 0.630. The van der Waals surface area contributed by atoms with Crippen molar-refractivity contribution in [3.63, 3.8) is 0 Å². The highest BCUT2D eigenvalue weighted by atomic mass is 16.5. The van der Waals surface area contributed by atoms with Crippen molar-refractivity contribution in [2.45, 2.75) is 31.5 Å². The third-order valence-electron chi connectivity index (χ3n) is 2.61. The van der Waals surface area contributed by atoms with Gasteiger partial charge in [-0.3, -0.25) is 4.90 Å². The van der Waals surface area contributed by atoms with E-state index in [1.54, 1.807) is 6.26 Å². The van der Waals surface area contributed by atoms with Gasteiger partial charge in [0.15, 0.2) is 0 Å². The second kappa shape index (κ2) is 3.47. The highest BCUT2D eigenvalue weighted by molar-refractivity contribution is 4.96. The lowest BCUT2D eigenvalue weighted by Gasteiger charge is -2.38. The molecular formula is C9H14N2O2. The van der Waals surface area contributed by atoms with Crippen molar-refractivity contribution in [2.24, 2.45) is 0 Å². The lowest BCUT2D eigenvalue weighted by atomic mass is 9.88. The van der Waals surface area contributed by atoms with Gasteiger partial charge in [0, 0.05) is 18.7 Å². The van der Waals surface area contributed by atoms with Crippen LogP contribution in [0.4, 0.5) is 0 Å². The Bertz CT molecular complexity index is 255. The molecule has 0 bridgehead atoms. The second-order valence-electron chi connectivity index (χ2n) is 3.68. The summed E-state index contributed by atoms with van der Waals surface area (Å²) in [4.78, 5) is 2.20. The second-order valence-corrected chi connectivity index (χ2v) is 3.68. The topological polar surface area (TPSA) is 49.5 Å².